The summed E-state index contributed by atoms with van der Waals surface area (Å²) in [6, 6.07) is 8.37. The minimum Gasteiger partial charge on any atom is -0.476 e. The Hall–Kier alpha value is -1.64. The van der Waals surface area contributed by atoms with Crippen molar-refractivity contribution in [1.82, 2.24) is 9.88 Å². The standard InChI is InChI=1S/C17H22BrN3O3S/c1-13-6-4-7-15(10-13)25(22,23)20-16-11-14(18)12-19-17(16)24-9-5-8-21(2)3/h4,6-7,10-12,20H,5,8-9H2,1-3H3. The number of anilines is 1. The number of hydrogen-bond acceptors (Lipinski definition) is 5. The number of nitrogens with one attached hydrogen (secondary N) is 1. The van der Waals surface area contributed by atoms with E-state index in [4.69, 9.17) is 4.74 Å². The summed E-state index contributed by atoms with van der Waals surface area (Å²) < 4.78 is 34.1. The van der Waals surface area contributed by atoms with Gasteiger partial charge in [0.15, 0.2) is 0 Å². The second-order valence-electron chi connectivity index (χ2n) is 5.93. The van der Waals surface area contributed by atoms with Crippen molar-refractivity contribution in [2.24, 2.45) is 0 Å². The lowest BCUT2D eigenvalue weighted by Gasteiger charge is -2.14. The quantitative estimate of drug-likeness (QED) is 0.654. The van der Waals surface area contributed by atoms with Crippen molar-refractivity contribution in [3.05, 3.63) is 46.6 Å². The maximum absolute atomic E-state index is 12.6. The first-order chi connectivity index (χ1) is 11.8. The van der Waals surface area contributed by atoms with Crippen molar-refractivity contribution < 1.29 is 13.2 Å². The molecule has 0 aliphatic rings. The highest BCUT2D eigenvalue weighted by Gasteiger charge is 2.18. The smallest absolute Gasteiger partial charge is 0.262 e. The van der Waals surface area contributed by atoms with E-state index in [1.807, 2.05) is 27.1 Å². The fourth-order valence-electron chi connectivity index (χ4n) is 2.15. The molecule has 1 heterocycles. The summed E-state index contributed by atoms with van der Waals surface area (Å²) in [5, 5.41) is 0. The van der Waals surface area contributed by atoms with Crippen LogP contribution in [-0.2, 0) is 10.0 Å². The van der Waals surface area contributed by atoms with E-state index in [0.717, 1.165) is 18.5 Å². The van der Waals surface area contributed by atoms with E-state index in [9.17, 15) is 8.42 Å². The SMILES string of the molecule is Cc1cccc(S(=O)(=O)Nc2cc(Br)cnc2OCCCN(C)C)c1. The highest BCUT2D eigenvalue weighted by atomic mass is 79.9. The highest BCUT2D eigenvalue weighted by Crippen LogP contribution is 2.28. The van der Waals surface area contributed by atoms with Gasteiger partial charge in [-0.2, -0.15) is 0 Å². The van der Waals surface area contributed by atoms with Gasteiger partial charge in [-0.15, -0.1) is 0 Å². The molecule has 0 amide bonds. The summed E-state index contributed by atoms with van der Waals surface area (Å²) in [6.07, 6.45) is 2.39. The monoisotopic (exact) mass is 427 g/mol. The van der Waals surface area contributed by atoms with E-state index in [1.54, 1.807) is 30.5 Å². The number of nitrogens with zero attached hydrogens (tertiary/aromatic N) is 2. The van der Waals surface area contributed by atoms with Gasteiger partial charge in [0, 0.05) is 17.2 Å². The van der Waals surface area contributed by atoms with Gasteiger partial charge in [0.2, 0.25) is 5.88 Å². The summed E-state index contributed by atoms with van der Waals surface area (Å²) in [6.45, 7) is 3.17. The zero-order chi connectivity index (χ0) is 18.4. The molecule has 6 nitrogen and oxygen atoms in total. The Balaban J connectivity index is 2.18. The predicted molar refractivity (Wildman–Crippen MR) is 103 cm³/mol. The molecule has 0 atom stereocenters. The molecule has 1 aromatic carbocycles. The van der Waals surface area contributed by atoms with E-state index in [1.165, 1.54) is 0 Å². The first-order valence-corrected chi connectivity index (χ1v) is 10.1. The largest absolute Gasteiger partial charge is 0.476 e. The van der Waals surface area contributed by atoms with Gasteiger partial charge in [-0.3, -0.25) is 4.72 Å². The van der Waals surface area contributed by atoms with Gasteiger partial charge >= 0.3 is 0 Å². The van der Waals surface area contributed by atoms with Gasteiger partial charge in [-0.1, -0.05) is 12.1 Å². The van der Waals surface area contributed by atoms with Crippen LogP contribution in [-0.4, -0.2) is 45.5 Å². The molecule has 0 saturated heterocycles. The molecule has 8 heteroatoms. The molecule has 0 saturated carbocycles. The van der Waals surface area contributed by atoms with E-state index in [2.05, 4.69) is 30.5 Å². The highest BCUT2D eigenvalue weighted by molar-refractivity contribution is 9.10. The summed E-state index contributed by atoms with van der Waals surface area (Å²) in [5.41, 5.74) is 1.18. The third-order valence-corrected chi connectivity index (χ3v) is 5.15. The average molecular weight is 428 g/mol. The Morgan fingerprint density at radius 1 is 1.28 bits per heavy atom. The fraction of sp³-hybridized carbons (Fsp3) is 0.353. The van der Waals surface area contributed by atoms with Crippen LogP contribution in [0.1, 0.15) is 12.0 Å². The zero-order valence-corrected chi connectivity index (χ0v) is 16.9. The maximum atomic E-state index is 12.6. The molecule has 0 spiro atoms. The zero-order valence-electron chi connectivity index (χ0n) is 14.5. The van der Waals surface area contributed by atoms with Crippen molar-refractivity contribution in [2.75, 3.05) is 32.0 Å². The number of sulfonamides is 1. The molecule has 136 valence electrons. The number of aromatic nitrogens is 1. The van der Waals surface area contributed by atoms with Crippen LogP contribution in [0.15, 0.2) is 45.9 Å². The summed E-state index contributed by atoms with van der Waals surface area (Å²) >= 11 is 3.31. The Kier molecular flexibility index (Phi) is 6.80. The molecule has 0 radical (unpaired) electrons. The molecule has 0 fully saturated rings. The molecular formula is C17H22BrN3O3S. The number of rotatable bonds is 8. The van der Waals surface area contributed by atoms with Gasteiger partial charge in [0.05, 0.1) is 11.5 Å². The molecule has 1 N–H and O–H groups in total. The number of benzene rings is 1. The van der Waals surface area contributed by atoms with Crippen LogP contribution in [0.2, 0.25) is 0 Å². The minimum atomic E-state index is -3.72. The molecule has 2 rings (SSSR count). The van der Waals surface area contributed by atoms with Gasteiger partial charge in [0.1, 0.15) is 5.69 Å². The predicted octanol–water partition coefficient (Wildman–Crippen LogP) is 3.28. The topological polar surface area (TPSA) is 71.5 Å². The summed E-state index contributed by atoms with van der Waals surface area (Å²) in [4.78, 5) is 6.44. The van der Waals surface area contributed by atoms with Crippen LogP contribution in [0.5, 0.6) is 5.88 Å². The maximum Gasteiger partial charge on any atom is 0.262 e. The molecule has 0 unspecified atom stereocenters. The number of aryl methyl sites for hydroxylation is 1. The number of ether oxygens (including phenoxy) is 1. The molecular weight excluding hydrogens is 406 g/mol. The Bertz CT molecular complexity index is 826. The molecule has 2 aromatic rings. The lowest BCUT2D eigenvalue weighted by Crippen LogP contribution is -2.17. The van der Waals surface area contributed by atoms with Gasteiger partial charge in [-0.25, -0.2) is 13.4 Å². The average Bonchev–Trinajstić information content (AvgIpc) is 2.52. The van der Waals surface area contributed by atoms with E-state index < -0.39 is 10.0 Å². The molecule has 25 heavy (non-hydrogen) atoms. The van der Waals surface area contributed by atoms with Crippen LogP contribution in [0.4, 0.5) is 5.69 Å². The Labute approximate surface area is 157 Å². The van der Waals surface area contributed by atoms with Crippen molar-refractivity contribution in [3.63, 3.8) is 0 Å². The van der Waals surface area contributed by atoms with E-state index in [0.29, 0.717) is 16.8 Å². The normalized spacial score (nSPS) is 11.6. The fourth-order valence-corrected chi connectivity index (χ4v) is 3.63. The lowest BCUT2D eigenvalue weighted by molar-refractivity contribution is 0.274. The number of pyridine rings is 1. The third kappa shape index (κ3) is 5.98. The number of halogens is 1. The van der Waals surface area contributed by atoms with E-state index in [-0.39, 0.29) is 10.8 Å². The van der Waals surface area contributed by atoms with Crippen molar-refractivity contribution in [2.45, 2.75) is 18.2 Å². The Morgan fingerprint density at radius 3 is 2.72 bits per heavy atom. The van der Waals surface area contributed by atoms with Crippen LogP contribution < -0.4 is 9.46 Å². The molecule has 0 aliphatic carbocycles. The second kappa shape index (κ2) is 8.64. The molecule has 0 bridgehead atoms. The van der Waals surface area contributed by atoms with Crippen molar-refractivity contribution in [1.29, 1.82) is 0 Å². The molecule has 0 aliphatic heterocycles. The van der Waals surface area contributed by atoms with Crippen molar-refractivity contribution >= 4 is 31.6 Å². The second-order valence-corrected chi connectivity index (χ2v) is 8.53. The van der Waals surface area contributed by atoms with Gasteiger partial charge in [-0.05, 0) is 67.1 Å². The van der Waals surface area contributed by atoms with Gasteiger partial charge < -0.3 is 9.64 Å². The third-order valence-electron chi connectivity index (χ3n) is 3.35. The summed E-state index contributed by atoms with van der Waals surface area (Å²) in [7, 11) is 0.253. The minimum absolute atomic E-state index is 0.200. The van der Waals surface area contributed by atoms with Crippen LogP contribution >= 0.6 is 15.9 Å². The van der Waals surface area contributed by atoms with Crippen LogP contribution in [0.3, 0.4) is 0 Å². The lowest BCUT2D eigenvalue weighted by atomic mass is 10.2. The summed E-state index contributed by atoms with van der Waals surface area (Å²) in [5.74, 6) is 0.262. The van der Waals surface area contributed by atoms with Gasteiger partial charge in [0.25, 0.3) is 10.0 Å². The van der Waals surface area contributed by atoms with Crippen LogP contribution in [0.25, 0.3) is 0 Å². The van der Waals surface area contributed by atoms with Crippen LogP contribution in [0, 0.1) is 6.92 Å². The molecule has 1 aromatic heterocycles. The van der Waals surface area contributed by atoms with Crippen molar-refractivity contribution in [3.8, 4) is 5.88 Å². The van der Waals surface area contributed by atoms with E-state index >= 15 is 0 Å². The first-order valence-electron chi connectivity index (χ1n) is 7.80. The Morgan fingerprint density at radius 2 is 2.04 bits per heavy atom. The number of hydrogen-bond donors (Lipinski definition) is 1. The first kappa shape index (κ1) is 19.7.